The molecule has 2 N–H and O–H groups in total. The molecule has 0 aliphatic rings. The second kappa shape index (κ2) is 5.12. The Kier molecular flexibility index (Phi) is 4.06. The number of rotatable bonds is 5. The number of likely N-dealkylation sites (N-methyl/N-ethyl adjacent to an activating group) is 1. The predicted molar refractivity (Wildman–Crippen MR) is 63.1 cm³/mol. The van der Waals surface area contributed by atoms with E-state index in [1.165, 1.54) is 0 Å². The number of hydrogen-bond acceptors (Lipinski definition) is 3. The lowest BCUT2D eigenvalue weighted by atomic mass is 10.1. The summed E-state index contributed by atoms with van der Waals surface area (Å²) in [6, 6.07) is 1.95. The van der Waals surface area contributed by atoms with Crippen LogP contribution in [0.25, 0.3) is 0 Å². The molecule has 0 aliphatic carbocycles. The fourth-order valence-electron chi connectivity index (χ4n) is 1.24. The van der Waals surface area contributed by atoms with Crippen LogP contribution in [0.5, 0.6) is 0 Å². The van der Waals surface area contributed by atoms with Gasteiger partial charge in [-0.05, 0) is 27.0 Å². The standard InChI is InChI=1S/C11H20N4O/c1-11(2,12-3)10(16)13-7-5-9-6-8-15(4)14-9/h6,8,12H,5,7H2,1-4H3,(H,13,16). The van der Waals surface area contributed by atoms with Crippen molar-refractivity contribution >= 4 is 5.91 Å². The Labute approximate surface area is 96.2 Å². The van der Waals surface area contributed by atoms with E-state index >= 15 is 0 Å². The molecule has 0 radical (unpaired) electrons. The van der Waals surface area contributed by atoms with E-state index < -0.39 is 5.54 Å². The Morgan fingerprint density at radius 1 is 1.56 bits per heavy atom. The zero-order valence-corrected chi connectivity index (χ0v) is 10.4. The average Bonchev–Trinajstić information content (AvgIpc) is 2.64. The zero-order valence-electron chi connectivity index (χ0n) is 10.4. The van der Waals surface area contributed by atoms with Crippen LogP contribution in [-0.4, -0.2) is 34.8 Å². The van der Waals surface area contributed by atoms with Crippen molar-refractivity contribution < 1.29 is 4.79 Å². The van der Waals surface area contributed by atoms with E-state index in [0.717, 1.165) is 12.1 Å². The van der Waals surface area contributed by atoms with Crippen molar-refractivity contribution in [3.05, 3.63) is 18.0 Å². The third kappa shape index (κ3) is 3.34. The molecule has 1 rings (SSSR count). The summed E-state index contributed by atoms with van der Waals surface area (Å²) in [6.07, 6.45) is 2.65. The largest absolute Gasteiger partial charge is 0.354 e. The molecule has 0 saturated heterocycles. The highest BCUT2D eigenvalue weighted by Crippen LogP contribution is 2.00. The molecular weight excluding hydrogens is 204 g/mol. The summed E-state index contributed by atoms with van der Waals surface area (Å²) in [7, 11) is 3.66. The molecule has 16 heavy (non-hydrogen) atoms. The van der Waals surface area contributed by atoms with Crippen LogP contribution < -0.4 is 10.6 Å². The van der Waals surface area contributed by atoms with Gasteiger partial charge in [0.15, 0.2) is 0 Å². The minimum atomic E-state index is -0.524. The summed E-state index contributed by atoms with van der Waals surface area (Å²) >= 11 is 0. The van der Waals surface area contributed by atoms with Gasteiger partial charge in [-0.25, -0.2) is 0 Å². The fraction of sp³-hybridized carbons (Fsp3) is 0.636. The Morgan fingerprint density at radius 2 is 2.25 bits per heavy atom. The van der Waals surface area contributed by atoms with Gasteiger partial charge < -0.3 is 10.6 Å². The maximum Gasteiger partial charge on any atom is 0.239 e. The maximum atomic E-state index is 11.7. The van der Waals surface area contributed by atoms with Crippen LogP contribution >= 0.6 is 0 Å². The highest BCUT2D eigenvalue weighted by molar-refractivity contribution is 5.85. The Hall–Kier alpha value is -1.36. The summed E-state index contributed by atoms with van der Waals surface area (Å²) in [6.45, 7) is 4.31. The van der Waals surface area contributed by atoms with Gasteiger partial charge >= 0.3 is 0 Å². The SMILES string of the molecule is CNC(C)(C)C(=O)NCCc1ccn(C)n1. The second-order valence-electron chi connectivity index (χ2n) is 4.36. The van der Waals surface area contributed by atoms with Crippen LogP contribution in [0, 0.1) is 0 Å². The van der Waals surface area contributed by atoms with Gasteiger partial charge in [-0.2, -0.15) is 5.10 Å². The molecule has 0 aliphatic heterocycles. The van der Waals surface area contributed by atoms with Crippen LogP contribution in [0.1, 0.15) is 19.5 Å². The molecule has 1 amide bonds. The van der Waals surface area contributed by atoms with Crippen LogP contribution in [0.2, 0.25) is 0 Å². The van der Waals surface area contributed by atoms with E-state index in [1.807, 2.05) is 33.2 Å². The maximum absolute atomic E-state index is 11.7. The molecule has 0 saturated carbocycles. The van der Waals surface area contributed by atoms with Crippen LogP contribution in [0.15, 0.2) is 12.3 Å². The van der Waals surface area contributed by atoms with Crippen molar-refractivity contribution in [2.24, 2.45) is 7.05 Å². The topological polar surface area (TPSA) is 59.0 Å². The van der Waals surface area contributed by atoms with Crippen molar-refractivity contribution in [2.45, 2.75) is 25.8 Å². The first-order valence-electron chi connectivity index (χ1n) is 5.41. The van der Waals surface area contributed by atoms with Gasteiger partial charge in [0.25, 0.3) is 0 Å². The van der Waals surface area contributed by atoms with Crippen LogP contribution in [0.4, 0.5) is 0 Å². The number of carbonyl (C=O) groups excluding carboxylic acids is 1. The van der Waals surface area contributed by atoms with Crippen molar-refractivity contribution in [2.75, 3.05) is 13.6 Å². The lowest BCUT2D eigenvalue weighted by Gasteiger charge is -2.22. The fourth-order valence-corrected chi connectivity index (χ4v) is 1.24. The third-order valence-electron chi connectivity index (χ3n) is 2.63. The van der Waals surface area contributed by atoms with E-state index in [1.54, 1.807) is 11.7 Å². The highest BCUT2D eigenvalue weighted by atomic mass is 16.2. The molecule has 0 bridgehead atoms. The van der Waals surface area contributed by atoms with Gasteiger partial charge in [-0.3, -0.25) is 9.48 Å². The molecule has 5 nitrogen and oxygen atoms in total. The summed E-state index contributed by atoms with van der Waals surface area (Å²) in [4.78, 5) is 11.7. The first kappa shape index (κ1) is 12.7. The molecular formula is C11H20N4O. The Morgan fingerprint density at radius 3 is 2.75 bits per heavy atom. The molecule has 1 heterocycles. The van der Waals surface area contributed by atoms with E-state index in [-0.39, 0.29) is 5.91 Å². The summed E-state index contributed by atoms with van der Waals surface area (Å²) in [5, 5.41) is 10.1. The number of aryl methyl sites for hydroxylation is 1. The second-order valence-corrected chi connectivity index (χ2v) is 4.36. The van der Waals surface area contributed by atoms with E-state index in [9.17, 15) is 4.79 Å². The summed E-state index contributed by atoms with van der Waals surface area (Å²) in [5.41, 5.74) is 0.467. The molecule has 0 fully saturated rings. The number of amides is 1. The third-order valence-corrected chi connectivity index (χ3v) is 2.63. The van der Waals surface area contributed by atoms with Gasteiger partial charge in [0.2, 0.25) is 5.91 Å². The van der Waals surface area contributed by atoms with Gasteiger partial charge in [-0.15, -0.1) is 0 Å². The van der Waals surface area contributed by atoms with Crippen molar-refractivity contribution in [3.63, 3.8) is 0 Å². The average molecular weight is 224 g/mol. The molecule has 5 heteroatoms. The van der Waals surface area contributed by atoms with Crippen LogP contribution in [-0.2, 0) is 18.3 Å². The quantitative estimate of drug-likeness (QED) is 0.744. The number of hydrogen-bond donors (Lipinski definition) is 2. The highest BCUT2D eigenvalue weighted by Gasteiger charge is 2.24. The zero-order chi connectivity index (χ0) is 12.2. The van der Waals surface area contributed by atoms with Gasteiger partial charge in [0.1, 0.15) is 0 Å². The number of nitrogens with one attached hydrogen (secondary N) is 2. The first-order valence-corrected chi connectivity index (χ1v) is 5.41. The summed E-state index contributed by atoms with van der Waals surface area (Å²) < 4.78 is 1.76. The van der Waals surface area contributed by atoms with E-state index in [0.29, 0.717) is 6.54 Å². The molecule has 0 spiro atoms. The first-order chi connectivity index (χ1) is 7.45. The van der Waals surface area contributed by atoms with Gasteiger partial charge in [0, 0.05) is 26.2 Å². The smallest absolute Gasteiger partial charge is 0.239 e. The van der Waals surface area contributed by atoms with Crippen molar-refractivity contribution in [3.8, 4) is 0 Å². The molecule has 90 valence electrons. The van der Waals surface area contributed by atoms with Crippen LogP contribution in [0.3, 0.4) is 0 Å². The molecule has 0 atom stereocenters. The minimum absolute atomic E-state index is 0.00549. The predicted octanol–water partition coefficient (Wildman–Crippen LogP) is 0.0768. The van der Waals surface area contributed by atoms with Gasteiger partial charge in [-0.1, -0.05) is 0 Å². The monoisotopic (exact) mass is 224 g/mol. The van der Waals surface area contributed by atoms with Crippen molar-refractivity contribution in [1.82, 2.24) is 20.4 Å². The lowest BCUT2D eigenvalue weighted by Crippen LogP contribution is -2.51. The molecule has 0 aromatic carbocycles. The van der Waals surface area contributed by atoms with Crippen molar-refractivity contribution in [1.29, 1.82) is 0 Å². The van der Waals surface area contributed by atoms with E-state index in [4.69, 9.17) is 0 Å². The molecule has 0 unspecified atom stereocenters. The normalized spacial score (nSPS) is 11.5. The van der Waals surface area contributed by atoms with Gasteiger partial charge in [0.05, 0.1) is 11.2 Å². The lowest BCUT2D eigenvalue weighted by molar-refractivity contribution is -0.126. The Balaban J connectivity index is 2.33. The number of aromatic nitrogens is 2. The molecule has 1 aromatic rings. The minimum Gasteiger partial charge on any atom is -0.354 e. The number of nitrogens with zero attached hydrogens (tertiary/aromatic N) is 2. The van der Waals surface area contributed by atoms with E-state index in [2.05, 4.69) is 15.7 Å². The molecule has 1 aromatic heterocycles. The Bertz CT molecular complexity index is 357. The number of carbonyl (C=O) groups is 1. The summed E-state index contributed by atoms with van der Waals surface area (Å²) in [5.74, 6) is 0.00549.